The Kier molecular flexibility index (Phi) is 4.63. The SMILES string of the molecule is COc1cccc(NC(=O)N2CCc3c(sc4nc(-c5ccc(C)cc5)nn34)C2)c1. The van der Waals surface area contributed by atoms with Crippen molar-refractivity contribution in [2.75, 3.05) is 19.0 Å². The van der Waals surface area contributed by atoms with Gasteiger partial charge in [0.15, 0.2) is 5.82 Å². The van der Waals surface area contributed by atoms with Crippen LogP contribution in [0, 0.1) is 6.92 Å². The molecule has 5 rings (SSSR count). The third kappa shape index (κ3) is 3.39. The first-order valence-electron chi connectivity index (χ1n) is 9.75. The van der Waals surface area contributed by atoms with Gasteiger partial charge in [0.1, 0.15) is 5.75 Å². The van der Waals surface area contributed by atoms with Gasteiger partial charge in [-0.15, -0.1) is 5.10 Å². The van der Waals surface area contributed by atoms with Crippen LogP contribution in [0.15, 0.2) is 48.5 Å². The number of hydrogen-bond donors (Lipinski definition) is 1. The lowest BCUT2D eigenvalue weighted by molar-refractivity contribution is 0.206. The molecular formula is C22H21N5O2S. The number of anilines is 1. The Labute approximate surface area is 177 Å². The van der Waals surface area contributed by atoms with Gasteiger partial charge in [0.05, 0.1) is 19.3 Å². The molecule has 3 heterocycles. The van der Waals surface area contributed by atoms with E-state index in [4.69, 9.17) is 14.8 Å². The highest BCUT2D eigenvalue weighted by Crippen LogP contribution is 2.30. The number of nitrogens with one attached hydrogen (secondary N) is 1. The number of methoxy groups -OCH3 is 1. The predicted molar refractivity (Wildman–Crippen MR) is 117 cm³/mol. The number of benzene rings is 2. The molecule has 0 saturated heterocycles. The van der Waals surface area contributed by atoms with E-state index in [2.05, 4.69) is 24.4 Å². The Hall–Kier alpha value is -3.39. The Morgan fingerprint density at radius 2 is 2.03 bits per heavy atom. The minimum absolute atomic E-state index is 0.117. The lowest BCUT2D eigenvalue weighted by Crippen LogP contribution is -2.38. The molecule has 0 unspecified atom stereocenters. The van der Waals surface area contributed by atoms with Crippen molar-refractivity contribution in [2.45, 2.75) is 19.9 Å². The number of amides is 2. The Morgan fingerprint density at radius 3 is 2.83 bits per heavy atom. The van der Waals surface area contributed by atoms with E-state index in [9.17, 15) is 4.79 Å². The van der Waals surface area contributed by atoms with E-state index in [0.29, 0.717) is 18.8 Å². The zero-order chi connectivity index (χ0) is 20.7. The van der Waals surface area contributed by atoms with E-state index in [0.717, 1.165) is 39.0 Å². The van der Waals surface area contributed by atoms with Crippen LogP contribution in [0.2, 0.25) is 0 Å². The minimum Gasteiger partial charge on any atom is -0.497 e. The van der Waals surface area contributed by atoms with Crippen molar-refractivity contribution in [1.29, 1.82) is 0 Å². The van der Waals surface area contributed by atoms with Crippen molar-refractivity contribution in [3.8, 4) is 17.1 Å². The van der Waals surface area contributed by atoms with Crippen LogP contribution in [0.4, 0.5) is 10.5 Å². The van der Waals surface area contributed by atoms with Crippen LogP contribution >= 0.6 is 11.3 Å². The highest BCUT2D eigenvalue weighted by Gasteiger charge is 2.26. The first-order chi connectivity index (χ1) is 14.6. The van der Waals surface area contributed by atoms with Gasteiger partial charge in [-0.05, 0) is 19.1 Å². The van der Waals surface area contributed by atoms with Gasteiger partial charge in [-0.2, -0.15) is 4.98 Å². The standard InChI is InChI=1S/C22H21N5O2S/c1-14-6-8-15(9-7-14)20-24-22-27(25-20)18-10-11-26(13-19(18)30-22)21(28)23-16-4-3-5-17(12-16)29-2/h3-9,12H,10-11,13H2,1-2H3,(H,23,28). The van der Waals surface area contributed by atoms with Crippen LogP contribution in [0.1, 0.15) is 16.1 Å². The molecule has 2 aromatic carbocycles. The summed E-state index contributed by atoms with van der Waals surface area (Å²) in [5.41, 5.74) is 4.09. The van der Waals surface area contributed by atoms with Crippen molar-refractivity contribution in [3.05, 3.63) is 64.7 Å². The van der Waals surface area contributed by atoms with Gasteiger partial charge in [-0.25, -0.2) is 9.31 Å². The van der Waals surface area contributed by atoms with E-state index in [1.807, 2.05) is 45.8 Å². The molecule has 152 valence electrons. The molecule has 2 amide bonds. The van der Waals surface area contributed by atoms with E-state index < -0.39 is 0 Å². The van der Waals surface area contributed by atoms with Crippen LogP contribution in [0.3, 0.4) is 0 Å². The Bertz CT molecular complexity index is 1230. The number of urea groups is 1. The molecule has 0 atom stereocenters. The van der Waals surface area contributed by atoms with Crippen molar-refractivity contribution >= 4 is 28.0 Å². The lowest BCUT2D eigenvalue weighted by Gasteiger charge is -2.26. The van der Waals surface area contributed by atoms with Gasteiger partial charge in [0, 0.05) is 35.2 Å². The summed E-state index contributed by atoms with van der Waals surface area (Å²) in [4.78, 5) is 21.3. The Morgan fingerprint density at radius 1 is 1.20 bits per heavy atom. The fourth-order valence-electron chi connectivity index (χ4n) is 3.59. The van der Waals surface area contributed by atoms with Crippen LogP contribution in [-0.4, -0.2) is 39.2 Å². The third-order valence-corrected chi connectivity index (χ3v) is 6.30. The molecule has 1 aliphatic rings. The number of carbonyl (C=O) groups is 1. The van der Waals surface area contributed by atoms with Crippen LogP contribution in [0.5, 0.6) is 5.75 Å². The summed E-state index contributed by atoms with van der Waals surface area (Å²) in [5, 5.41) is 7.68. The molecule has 0 radical (unpaired) electrons. The maximum Gasteiger partial charge on any atom is 0.322 e. The summed E-state index contributed by atoms with van der Waals surface area (Å²) in [6, 6.07) is 15.5. The van der Waals surface area contributed by atoms with Gasteiger partial charge in [-0.3, -0.25) is 0 Å². The predicted octanol–water partition coefficient (Wildman–Crippen LogP) is 4.37. The second kappa shape index (κ2) is 7.46. The average Bonchev–Trinajstić information content (AvgIpc) is 3.32. The van der Waals surface area contributed by atoms with Gasteiger partial charge in [0.25, 0.3) is 0 Å². The molecule has 0 spiro atoms. The normalized spacial score (nSPS) is 13.3. The number of ether oxygens (including phenoxy) is 1. The monoisotopic (exact) mass is 419 g/mol. The lowest BCUT2D eigenvalue weighted by atomic mass is 10.1. The molecule has 4 aromatic rings. The summed E-state index contributed by atoms with van der Waals surface area (Å²) < 4.78 is 7.16. The van der Waals surface area contributed by atoms with E-state index in [1.165, 1.54) is 5.56 Å². The fourth-order valence-corrected chi connectivity index (χ4v) is 4.71. The van der Waals surface area contributed by atoms with E-state index in [-0.39, 0.29) is 6.03 Å². The molecule has 0 bridgehead atoms. The maximum absolute atomic E-state index is 12.7. The average molecular weight is 420 g/mol. The molecule has 0 aliphatic carbocycles. The van der Waals surface area contributed by atoms with Crippen molar-refractivity contribution in [1.82, 2.24) is 19.5 Å². The van der Waals surface area contributed by atoms with Crippen molar-refractivity contribution < 1.29 is 9.53 Å². The maximum atomic E-state index is 12.7. The second-order valence-corrected chi connectivity index (χ2v) is 8.36. The smallest absolute Gasteiger partial charge is 0.322 e. The van der Waals surface area contributed by atoms with Gasteiger partial charge < -0.3 is 15.0 Å². The first kappa shape index (κ1) is 18.6. The topological polar surface area (TPSA) is 71.8 Å². The summed E-state index contributed by atoms with van der Waals surface area (Å²) in [6.07, 6.45) is 0.748. The molecule has 0 fully saturated rings. The summed E-state index contributed by atoms with van der Waals surface area (Å²) in [7, 11) is 1.61. The molecule has 1 aliphatic heterocycles. The molecule has 7 nitrogen and oxygen atoms in total. The minimum atomic E-state index is -0.117. The number of aromatic nitrogens is 3. The summed E-state index contributed by atoms with van der Waals surface area (Å²) >= 11 is 1.60. The van der Waals surface area contributed by atoms with Gasteiger partial charge >= 0.3 is 6.03 Å². The zero-order valence-corrected chi connectivity index (χ0v) is 17.6. The fraction of sp³-hybridized carbons (Fsp3) is 0.227. The number of aryl methyl sites for hydroxylation is 1. The van der Waals surface area contributed by atoms with E-state index >= 15 is 0 Å². The summed E-state index contributed by atoms with van der Waals surface area (Å²) in [5.74, 6) is 1.45. The third-order valence-electron chi connectivity index (χ3n) is 5.24. The van der Waals surface area contributed by atoms with Gasteiger partial charge in [-0.1, -0.05) is 47.2 Å². The second-order valence-electron chi connectivity index (χ2n) is 7.30. The van der Waals surface area contributed by atoms with Crippen LogP contribution < -0.4 is 10.1 Å². The van der Waals surface area contributed by atoms with Crippen molar-refractivity contribution in [3.63, 3.8) is 0 Å². The first-order valence-corrected chi connectivity index (χ1v) is 10.6. The highest BCUT2D eigenvalue weighted by atomic mass is 32.1. The Balaban J connectivity index is 1.34. The number of carbonyl (C=O) groups excluding carboxylic acids is 1. The van der Waals surface area contributed by atoms with Crippen molar-refractivity contribution in [2.24, 2.45) is 0 Å². The number of fused-ring (bicyclic) bond motifs is 3. The molecular weight excluding hydrogens is 398 g/mol. The number of hydrogen-bond acceptors (Lipinski definition) is 5. The molecule has 2 aromatic heterocycles. The molecule has 0 saturated carbocycles. The largest absolute Gasteiger partial charge is 0.497 e. The highest BCUT2D eigenvalue weighted by molar-refractivity contribution is 7.17. The van der Waals surface area contributed by atoms with E-state index in [1.54, 1.807) is 18.4 Å². The molecule has 8 heteroatoms. The number of nitrogens with zero attached hydrogens (tertiary/aromatic N) is 4. The quantitative estimate of drug-likeness (QED) is 0.535. The molecule has 30 heavy (non-hydrogen) atoms. The number of thiazole rings is 1. The van der Waals surface area contributed by atoms with Crippen LogP contribution in [0.25, 0.3) is 16.3 Å². The summed E-state index contributed by atoms with van der Waals surface area (Å²) in [6.45, 7) is 3.25. The van der Waals surface area contributed by atoms with Crippen LogP contribution in [-0.2, 0) is 13.0 Å². The number of rotatable bonds is 3. The molecule has 1 N–H and O–H groups in total. The van der Waals surface area contributed by atoms with Gasteiger partial charge in [0.2, 0.25) is 4.96 Å². The zero-order valence-electron chi connectivity index (χ0n) is 16.8.